The van der Waals surface area contributed by atoms with E-state index in [1.807, 2.05) is 85.8 Å². The number of hydrogen-bond acceptors (Lipinski definition) is 8. The number of methoxy groups -OCH3 is 1. The number of thioether (sulfide) groups is 1. The van der Waals surface area contributed by atoms with Crippen LogP contribution in [-0.2, 0) is 10.5 Å². The van der Waals surface area contributed by atoms with Gasteiger partial charge in [0.2, 0.25) is 0 Å². The zero-order valence-corrected chi connectivity index (χ0v) is 20.6. The van der Waals surface area contributed by atoms with Crippen LogP contribution in [0.15, 0.2) is 88.5 Å². The lowest BCUT2D eigenvalue weighted by atomic mass is 9.94. The molecule has 0 unspecified atom stereocenters. The molecule has 0 fully saturated rings. The molecule has 7 nitrogen and oxygen atoms in total. The van der Waals surface area contributed by atoms with Gasteiger partial charge in [-0.15, -0.1) is 10.2 Å². The maximum absolute atomic E-state index is 13.0. The molecule has 0 amide bonds. The first-order chi connectivity index (χ1) is 17.7. The number of para-hydroxylation sites is 2. The van der Waals surface area contributed by atoms with Gasteiger partial charge in [0.25, 0.3) is 11.1 Å². The molecule has 0 aliphatic rings. The number of rotatable bonds is 8. The minimum Gasteiger partial charge on any atom is -0.493 e. The Labute approximate surface area is 212 Å². The number of esters is 1. The Kier molecular flexibility index (Phi) is 6.95. The van der Waals surface area contributed by atoms with Gasteiger partial charge < -0.3 is 13.9 Å². The van der Waals surface area contributed by atoms with Crippen molar-refractivity contribution in [3.8, 4) is 28.3 Å². The van der Waals surface area contributed by atoms with Gasteiger partial charge in [0.05, 0.1) is 36.1 Å². The second-order valence-electron chi connectivity index (χ2n) is 7.77. The summed E-state index contributed by atoms with van der Waals surface area (Å²) < 4.78 is 16.8. The van der Waals surface area contributed by atoms with Crippen LogP contribution >= 0.6 is 11.8 Å². The number of nitrogens with zero attached hydrogens (tertiary/aromatic N) is 3. The van der Waals surface area contributed by atoms with Crippen LogP contribution < -0.4 is 4.74 Å². The van der Waals surface area contributed by atoms with Gasteiger partial charge >= 0.3 is 5.97 Å². The molecule has 0 saturated carbocycles. The van der Waals surface area contributed by atoms with E-state index < -0.39 is 5.97 Å². The van der Waals surface area contributed by atoms with E-state index in [1.54, 1.807) is 0 Å². The fourth-order valence-electron chi connectivity index (χ4n) is 4.03. The molecule has 0 saturated heterocycles. The number of benzene rings is 3. The minimum atomic E-state index is -0.445. The average molecular weight is 498 g/mol. The molecule has 5 aromatic rings. The van der Waals surface area contributed by atoms with E-state index in [1.165, 1.54) is 18.9 Å². The number of carbonyl (C=O) groups is 1. The lowest BCUT2D eigenvalue weighted by Gasteiger charge is -2.15. The van der Waals surface area contributed by atoms with Crippen molar-refractivity contribution in [1.29, 1.82) is 0 Å². The smallest absolute Gasteiger partial charge is 0.340 e. The summed E-state index contributed by atoms with van der Waals surface area (Å²) in [6, 6.07) is 25.1. The molecule has 2 aromatic heterocycles. The molecule has 0 radical (unpaired) electrons. The van der Waals surface area contributed by atoms with Crippen molar-refractivity contribution >= 4 is 28.6 Å². The Morgan fingerprint density at radius 2 is 1.69 bits per heavy atom. The average Bonchev–Trinajstić information content (AvgIpc) is 3.40. The largest absolute Gasteiger partial charge is 0.493 e. The first-order valence-electron chi connectivity index (χ1n) is 11.4. The van der Waals surface area contributed by atoms with Gasteiger partial charge in [0, 0.05) is 16.7 Å². The predicted molar refractivity (Wildman–Crippen MR) is 139 cm³/mol. The second kappa shape index (κ2) is 10.6. The lowest BCUT2D eigenvalue weighted by molar-refractivity contribution is 0.0600. The number of aromatic nitrogens is 3. The predicted octanol–water partition coefficient (Wildman–Crippen LogP) is 6.43. The van der Waals surface area contributed by atoms with E-state index in [0.29, 0.717) is 40.5 Å². The molecule has 36 heavy (non-hydrogen) atoms. The van der Waals surface area contributed by atoms with Crippen molar-refractivity contribution in [2.75, 3.05) is 13.7 Å². The summed E-state index contributed by atoms with van der Waals surface area (Å²) in [5.74, 6) is 0.937. The van der Waals surface area contributed by atoms with E-state index in [4.69, 9.17) is 18.9 Å². The molecule has 2 heterocycles. The topological polar surface area (TPSA) is 87.3 Å². The third-order valence-electron chi connectivity index (χ3n) is 5.58. The molecule has 8 heteroatoms. The van der Waals surface area contributed by atoms with Gasteiger partial charge in [-0.25, -0.2) is 4.79 Å². The van der Waals surface area contributed by atoms with Gasteiger partial charge in [0.1, 0.15) is 5.75 Å². The maximum Gasteiger partial charge on any atom is 0.340 e. The molecule has 0 spiro atoms. The van der Waals surface area contributed by atoms with E-state index >= 15 is 0 Å². The summed E-state index contributed by atoms with van der Waals surface area (Å²) in [5.41, 5.74) is 4.23. The maximum atomic E-state index is 13.0. The Hall–Kier alpha value is -4.17. The van der Waals surface area contributed by atoms with E-state index in [-0.39, 0.29) is 0 Å². The fourth-order valence-corrected chi connectivity index (χ4v) is 4.73. The quantitative estimate of drug-likeness (QED) is 0.179. The summed E-state index contributed by atoms with van der Waals surface area (Å²) in [4.78, 5) is 17.9. The molecular formula is C28H23N3O4S. The van der Waals surface area contributed by atoms with Crippen LogP contribution in [0.5, 0.6) is 5.75 Å². The molecule has 3 aromatic carbocycles. The second-order valence-corrected chi connectivity index (χ2v) is 8.70. The van der Waals surface area contributed by atoms with Gasteiger partial charge in [-0.05, 0) is 30.7 Å². The Morgan fingerprint density at radius 3 is 2.50 bits per heavy atom. The molecule has 180 valence electrons. The summed E-state index contributed by atoms with van der Waals surface area (Å²) in [6.45, 7) is 2.45. The van der Waals surface area contributed by atoms with Crippen LogP contribution in [0.2, 0.25) is 0 Å². The molecule has 0 atom stereocenters. The van der Waals surface area contributed by atoms with E-state index in [0.717, 1.165) is 27.6 Å². The SMILES string of the molecule is CCOc1ccccc1-c1nnc(SCc2nc3ccccc3c(-c3ccccc3)c2C(=O)OC)o1. The first-order valence-corrected chi connectivity index (χ1v) is 12.4. The van der Waals surface area contributed by atoms with Gasteiger partial charge in [0.15, 0.2) is 0 Å². The highest BCUT2D eigenvalue weighted by atomic mass is 32.2. The van der Waals surface area contributed by atoms with E-state index in [2.05, 4.69) is 10.2 Å². The van der Waals surface area contributed by atoms with Gasteiger partial charge in [-0.3, -0.25) is 4.98 Å². The summed E-state index contributed by atoms with van der Waals surface area (Å²) >= 11 is 1.31. The fraction of sp³-hybridized carbons (Fsp3) is 0.143. The number of pyridine rings is 1. The molecule has 5 rings (SSSR count). The number of fused-ring (bicyclic) bond motifs is 1. The third-order valence-corrected chi connectivity index (χ3v) is 6.41. The highest BCUT2D eigenvalue weighted by molar-refractivity contribution is 7.98. The first kappa shape index (κ1) is 23.6. The molecule has 0 bridgehead atoms. The Morgan fingerprint density at radius 1 is 0.944 bits per heavy atom. The van der Waals surface area contributed by atoms with Crippen molar-refractivity contribution < 1.29 is 18.7 Å². The van der Waals surface area contributed by atoms with Gasteiger partial charge in [-0.1, -0.05) is 72.4 Å². The molecular weight excluding hydrogens is 474 g/mol. The number of hydrogen-bond donors (Lipinski definition) is 0. The number of carbonyl (C=O) groups excluding carboxylic acids is 1. The molecule has 0 aliphatic carbocycles. The molecule has 0 aliphatic heterocycles. The Balaban J connectivity index is 1.53. The third kappa shape index (κ3) is 4.67. The summed E-state index contributed by atoms with van der Waals surface area (Å²) in [7, 11) is 1.38. The van der Waals surface area contributed by atoms with E-state index in [9.17, 15) is 4.79 Å². The van der Waals surface area contributed by atoms with Crippen molar-refractivity contribution in [2.45, 2.75) is 17.9 Å². The minimum absolute atomic E-state index is 0.337. The monoisotopic (exact) mass is 497 g/mol. The highest BCUT2D eigenvalue weighted by Crippen LogP contribution is 2.36. The highest BCUT2D eigenvalue weighted by Gasteiger charge is 2.24. The van der Waals surface area contributed by atoms with Crippen LogP contribution in [0.1, 0.15) is 23.0 Å². The van der Waals surface area contributed by atoms with Crippen LogP contribution in [0.4, 0.5) is 0 Å². The van der Waals surface area contributed by atoms with Crippen molar-refractivity contribution in [1.82, 2.24) is 15.2 Å². The Bertz CT molecular complexity index is 1520. The number of ether oxygens (including phenoxy) is 2. The standard InChI is InChI=1S/C28H23N3O4S/c1-3-34-23-16-10-8-14-20(23)26-30-31-28(35-26)36-17-22-25(27(32)33-2)24(18-11-5-4-6-12-18)19-13-7-9-15-21(19)29-22/h4-16H,3,17H2,1-2H3. The van der Waals surface area contributed by atoms with Crippen LogP contribution in [0.25, 0.3) is 33.5 Å². The van der Waals surface area contributed by atoms with Crippen LogP contribution in [-0.4, -0.2) is 34.9 Å². The van der Waals surface area contributed by atoms with Crippen molar-refractivity contribution in [3.05, 3.63) is 90.1 Å². The van der Waals surface area contributed by atoms with Gasteiger partial charge in [-0.2, -0.15) is 0 Å². The summed E-state index contributed by atoms with van der Waals surface area (Å²) in [5, 5.41) is 9.64. The van der Waals surface area contributed by atoms with Crippen molar-refractivity contribution in [2.24, 2.45) is 0 Å². The lowest BCUT2D eigenvalue weighted by Crippen LogP contribution is -2.10. The van der Waals surface area contributed by atoms with Crippen LogP contribution in [0, 0.1) is 0 Å². The normalized spacial score (nSPS) is 10.9. The zero-order valence-electron chi connectivity index (χ0n) is 19.8. The summed E-state index contributed by atoms with van der Waals surface area (Å²) in [6.07, 6.45) is 0. The van der Waals surface area contributed by atoms with Crippen molar-refractivity contribution in [3.63, 3.8) is 0 Å². The molecule has 0 N–H and O–H groups in total. The zero-order chi connectivity index (χ0) is 24.9. The van der Waals surface area contributed by atoms with Crippen LogP contribution in [0.3, 0.4) is 0 Å².